The lowest BCUT2D eigenvalue weighted by Crippen LogP contribution is -2.64. The van der Waals surface area contributed by atoms with Crippen molar-refractivity contribution in [2.24, 2.45) is 0 Å². The SMILES string of the molecule is CCCCCC=CCC=CCC=CCC=CCCCC(=O)OC(COC(=O)CCCCCCCCCC=CCCCCCC)COP(=O)(O)OC1C(O)C(O)C(O)C(OP(=O)(O)O)C1O. The number of phosphoric acid groups is 2. The number of carbonyl (C=O) groups excluding carboxylic acids is 2. The maximum Gasteiger partial charge on any atom is 0.472 e. The molecular formula is C47H82O16P2. The van der Waals surface area contributed by atoms with E-state index in [2.05, 4.69) is 67.0 Å². The van der Waals surface area contributed by atoms with Crippen molar-refractivity contribution in [1.29, 1.82) is 0 Å². The maximum absolute atomic E-state index is 13.0. The van der Waals surface area contributed by atoms with Gasteiger partial charge in [-0.1, -0.05) is 139 Å². The molecule has 376 valence electrons. The number of carbonyl (C=O) groups is 2. The first-order chi connectivity index (χ1) is 31.1. The van der Waals surface area contributed by atoms with Crippen LogP contribution in [-0.4, -0.2) is 103 Å². The molecule has 0 bridgehead atoms. The van der Waals surface area contributed by atoms with E-state index >= 15 is 0 Å². The Bertz CT molecular complexity index is 1490. The Kier molecular flexibility index (Phi) is 35.2. The summed E-state index contributed by atoms with van der Waals surface area (Å²) in [5.74, 6) is -1.28. The number of rotatable bonds is 39. The second-order valence-electron chi connectivity index (χ2n) is 16.5. The minimum atomic E-state index is -5.37. The topological polar surface area (TPSA) is 256 Å². The van der Waals surface area contributed by atoms with Gasteiger partial charge in [-0.25, -0.2) is 9.13 Å². The number of aliphatic hydroxyl groups excluding tert-OH is 4. The molecule has 65 heavy (non-hydrogen) atoms. The molecule has 0 amide bonds. The number of esters is 2. The lowest BCUT2D eigenvalue weighted by atomic mass is 9.85. The van der Waals surface area contributed by atoms with Gasteiger partial charge in [-0.15, -0.1) is 0 Å². The molecule has 0 heterocycles. The minimum Gasteiger partial charge on any atom is -0.462 e. The average Bonchev–Trinajstić information content (AvgIpc) is 3.26. The molecule has 0 aromatic heterocycles. The Labute approximate surface area is 388 Å². The summed E-state index contributed by atoms with van der Waals surface area (Å²) in [6, 6.07) is 0. The summed E-state index contributed by atoms with van der Waals surface area (Å²) >= 11 is 0. The third kappa shape index (κ3) is 32.2. The number of hydrogen-bond donors (Lipinski definition) is 7. The Hall–Kier alpha value is -2.30. The van der Waals surface area contributed by atoms with Crippen LogP contribution in [0.2, 0.25) is 0 Å². The molecule has 1 aliphatic rings. The normalized spacial score (nSPS) is 22.2. The zero-order valence-electron chi connectivity index (χ0n) is 38.9. The highest BCUT2D eigenvalue weighted by atomic mass is 31.2. The summed E-state index contributed by atoms with van der Waals surface area (Å²) in [6.07, 6.45) is 29.0. The van der Waals surface area contributed by atoms with E-state index in [0.717, 1.165) is 77.0 Å². The maximum atomic E-state index is 13.0. The van der Waals surface area contributed by atoms with Crippen molar-refractivity contribution >= 4 is 27.6 Å². The van der Waals surface area contributed by atoms with E-state index in [1.165, 1.54) is 44.9 Å². The van der Waals surface area contributed by atoms with E-state index in [0.29, 0.717) is 19.3 Å². The van der Waals surface area contributed by atoms with Crippen LogP contribution in [0.4, 0.5) is 0 Å². The first-order valence-electron chi connectivity index (χ1n) is 23.8. The molecule has 0 saturated heterocycles. The lowest BCUT2D eigenvalue weighted by Gasteiger charge is -2.43. The summed E-state index contributed by atoms with van der Waals surface area (Å²) in [6.45, 7) is 3.02. The van der Waals surface area contributed by atoms with Gasteiger partial charge in [0.1, 0.15) is 43.2 Å². The van der Waals surface area contributed by atoms with Gasteiger partial charge in [-0.05, 0) is 77.0 Å². The van der Waals surface area contributed by atoms with Crippen LogP contribution in [-0.2, 0) is 41.8 Å². The molecule has 7 N–H and O–H groups in total. The minimum absolute atomic E-state index is 0.0345. The quantitative estimate of drug-likeness (QED) is 0.0131. The molecular weight excluding hydrogens is 882 g/mol. The van der Waals surface area contributed by atoms with E-state index < -0.39 is 83.5 Å². The zero-order valence-corrected chi connectivity index (χ0v) is 40.7. The van der Waals surface area contributed by atoms with Crippen molar-refractivity contribution in [2.75, 3.05) is 13.2 Å². The van der Waals surface area contributed by atoms with Crippen LogP contribution in [0.1, 0.15) is 168 Å². The number of unbranched alkanes of at least 4 members (excludes halogenated alkanes) is 15. The van der Waals surface area contributed by atoms with Gasteiger partial charge in [-0.3, -0.25) is 23.2 Å². The Morgan fingerprint density at radius 1 is 0.492 bits per heavy atom. The second-order valence-corrected chi connectivity index (χ2v) is 19.1. The van der Waals surface area contributed by atoms with Crippen LogP contribution >= 0.6 is 15.6 Å². The lowest BCUT2D eigenvalue weighted by molar-refractivity contribution is -0.216. The predicted octanol–water partition coefficient (Wildman–Crippen LogP) is 9.06. The van der Waals surface area contributed by atoms with E-state index in [1.54, 1.807) is 0 Å². The number of ether oxygens (including phenoxy) is 2. The molecule has 18 heteroatoms. The summed E-state index contributed by atoms with van der Waals surface area (Å²) < 4.78 is 49.3. The molecule has 0 radical (unpaired) electrons. The second kappa shape index (κ2) is 37.7. The van der Waals surface area contributed by atoms with Gasteiger partial charge in [0.2, 0.25) is 0 Å². The largest absolute Gasteiger partial charge is 0.472 e. The first kappa shape index (κ1) is 60.7. The molecule has 8 atom stereocenters. The summed E-state index contributed by atoms with van der Waals surface area (Å²) in [7, 11) is -10.7. The fourth-order valence-electron chi connectivity index (χ4n) is 6.84. The van der Waals surface area contributed by atoms with Crippen molar-refractivity contribution in [1.82, 2.24) is 0 Å². The molecule has 1 aliphatic carbocycles. The monoisotopic (exact) mass is 965 g/mol. The molecule has 0 spiro atoms. The van der Waals surface area contributed by atoms with Crippen molar-refractivity contribution in [3.05, 3.63) is 60.8 Å². The third-order valence-electron chi connectivity index (χ3n) is 10.6. The summed E-state index contributed by atoms with van der Waals surface area (Å²) in [5, 5.41) is 41.2. The van der Waals surface area contributed by atoms with Crippen molar-refractivity contribution < 1.29 is 76.9 Å². The van der Waals surface area contributed by atoms with Crippen LogP contribution in [0.25, 0.3) is 0 Å². The fourth-order valence-corrected chi connectivity index (χ4v) is 8.37. The zero-order chi connectivity index (χ0) is 48.2. The van der Waals surface area contributed by atoms with Gasteiger partial charge in [-0.2, -0.15) is 0 Å². The van der Waals surface area contributed by atoms with E-state index in [1.807, 2.05) is 12.2 Å². The average molecular weight is 965 g/mol. The summed E-state index contributed by atoms with van der Waals surface area (Å²) in [4.78, 5) is 54.2. The third-order valence-corrected chi connectivity index (χ3v) is 12.1. The fraction of sp³-hybridized carbons (Fsp3) is 0.745. The van der Waals surface area contributed by atoms with E-state index in [-0.39, 0.29) is 12.8 Å². The van der Waals surface area contributed by atoms with Crippen LogP contribution in [0, 0.1) is 0 Å². The number of hydrogen-bond acceptors (Lipinski definition) is 13. The highest BCUT2D eigenvalue weighted by Gasteiger charge is 2.54. The molecule has 16 nitrogen and oxygen atoms in total. The first-order valence-corrected chi connectivity index (χ1v) is 26.9. The molecule has 1 fully saturated rings. The Morgan fingerprint density at radius 3 is 1.45 bits per heavy atom. The van der Waals surface area contributed by atoms with Gasteiger partial charge in [0.25, 0.3) is 0 Å². The van der Waals surface area contributed by atoms with Gasteiger partial charge in [0.15, 0.2) is 6.10 Å². The van der Waals surface area contributed by atoms with E-state index in [9.17, 15) is 53.8 Å². The molecule has 1 rings (SSSR count). The molecule has 0 aromatic carbocycles. The van der Waals surface area contributed by atoms with Crippen molar-refractivity contribution in [3.8, 4) is 0 Å². The van der Waals surface area contributed by atoms with Crippen LogP contribution in [0.15, 0.2) is 60.8 Å². The Balaban J connectivity index is 2.64. The smallest absolute Gasteiger partial charge is 0.462 e. The Morgan fingerprint density at radius 2 is 0.908 bits per heavy atom. The molecule has 8 unspecified atom stereocenters. The van der Waals surface area contributed by atoms with Gasteiger partial charge < -0.3 is 44.6 Å². The van der Waals surface area contributed by atoms with Gasteiger partial charge in [0, 0.05) is 12.8 Å². The van der Waals surface area contributed by atoms with Gasteiger partial charge in [0.05, 0.1) is 6.61 Å². The van der Waals surface area contributed by atoms with Crippen LogP contribution < -0.4 is 0 Å². The van der Waals surface area contributed by atoms with Crippen molar-refractivity contribution in [3.63, 3.8) is 0 Å². The number of allylic oxidation sites excluding steroid dienone is 10. The number of phosphoric ester groups is 2. The van der Waals surface area contributed by atoms with Crippen molar-refractivity contribution in [2.45, 2.75) is 211 Å². The van der Waals surface area contributed by atoms with Crippen LogP contribution in [0.3, 0.4) is 0 Å². The molecule has 0 aromatic rings. The van der Waals surface area contributed by atoms with E-state index in [4.69, 9.17) is 18.5 Å². The molecule has 0 aliphatic heterocycles. The summed E-state index contributed by atoms with van der Waals surface area (Å²) in [5.41, 5.74) is 0. The number of aliphatic hydroxyl groups is 4. The highest BCUT2D eigenvalue weighted by Crippen LogP contribution is 2.49. The highest BCUT2D eigenvalue weighted by molar-refractivity contribution is 7.47. The van der Waals surface area contributed by atoms with Gasteiger partial charge >= 0.3 is 27.6 Å². The van der Waals surface area contributed by atoms with Crippen LogP contribution in [0.5, 0.6) is 0 Å². The predicted molar refractivity (Wildman–Crippen MR) is 250 cm³/mol. The molecule has 1 saturated carbocycles. The standard InChI is InChI=1S/C47H82O16P2/c1-3-5-7-9-11-13-15-17-19-20-22-24-26-28-30-32-34-36-41(49)61-39(37-59-40(48)35-33-31-29-27-25-23-21-18-16-14-12-10-8-6-4-2)38-60-65(57,58)63-47-44(52)42(50)43(51)46(45(47)53)62-64(54,55)56/h11,13-14,16-17,19,22,24,28,30,39,42-47,50-53H,3-10,12,15,18,20-21,23,25-27,29,31-38H2,1-2H3,(H,57,58)(H2,54,55,56).